The number of carbonyl (C=O) groups is 1. The third-order valence-corrected chi connectivity index (χ3v) is 3.57. The van der Waals surface area contributed by atoms with Gasteiger partial charge in [0, 0.05) is 27.7 Å². The summed E-state index contributed by atoms with van der Waals surface area (Å²) in [6, 6.07) is 8.12. The second-order valence-corrected chi connectivity index (χ2v) is 5.32. The van der Waals surface area contributed by atoms with Gasteiger partial charge in [0.15, 0.2) is 0 Å². The highest BCUT2D eigenvalue weighted by atomic mass is 79.9. The molecule has 0 bridgehead atoms. The zero-order chi connectivity index (χ0) is 16.1. The summed E-state index contributed by atoms with van der Waals surface area (Å²) in [5.41, 5.74) is -0.159. The van der Waals surface area contributed by atoms with Crippen molar-refractivity contribution in [3.8, 4) is 0 Å². The van der Waals surface area contributed by atoms with E-state index in [1.165, 1.54) is 24.3 Å². The number of hydrogen-bond acceptors (Lipinski definition) is 1. The number of rotatable bonds is 2. The van der Waals surface area contributed by atoms with Crippen LogP contribution in [0.4, 0.5) is 8.78 Å². The number of carbonyl (C=O) groups excluding carboxylic acids is 1. The fourth-order valence-electron chi connectivity index (χ4n) is 2.08. The Morgan fingerprint density at radius 2 is 2.05 bits per heavy atom. The van der Waals surface area contributed by atoms with E-state index in [-0.39, 0.29) is 23.2 Å². The van der Waals surface area contributed by atoms with Crippen LogP contribution in [0, 0.1) is 11.6 Å². The van der Waals surface area contributed by atoms with Crippen LogP contribution in [0.15, 0.2) is 40.9 Å². The first-order valence-electron chi connectivity index (χ1n) is 6.87. The minimum atomic E-state index is -2.32. The number of hydrogen-bond donors (Lipinski definition) is 0. The summed E-state index contributed by atoms with van der Waals surface area (Å²) in [5.74, 6) is -1.99. The van der Waals surface area contributed by atoms with Crippen LogP contribution in [0.1, 0.15) is 24.2 Å². The molecule has 0 unspecified atom stereocenters. The minimum Gasteiger partial charge on any atom is -0.330 e. The molecule has 1 amide bonds. The molecule has 0 saturated carbocycles. The van der Waals surface area contributed by atoms with Gasteiger partial charge in [-0.05, 0) is 24.3 Å². The second-order valence-electron chi connectivity index (χ2n) is 4.40. The molecule has 0 saturated heterocycles. The number of amides is 1. The van der Waals surface area contributed by atoms with Crippen LogP contribution in [0.5, 0.6) is 0 Å². The van der Waals surface area contributed by atoms with Crippen molar-refractivity contribution in [3.05, 3.63) is 69.2 Å². The first-order chi connectivity index (χ1) is 10.3. The Kier molecular flexibility index (Phi) is 2.73. The molecule has 0 aromatic heterocycles. The van der Waals surface area contributed by atoms with Gasteiger partial charge in [0.25, 0.3) is 5.91 Å². The molecule has 2 nitrogen and oxygen atoms in total. The minimum absolute atomic E-state index is 0.0254. The van der Waals surface area contributed by atoms with Gasteiger partial charge in [0.05, 0.1) is 9.24 Å². The number of benzene rings is 2. The molecule has 1 heterocycles. The van der Waals surface area contributed by atoms with Crippen LogP contribution < -0.4 is 0 Å². The number of fused-ring (bicyclic) bond motifs is 1. The Morgan fingerprint density at radius 1 is 1.25 bits per heavy atom. The summed E-state index contributed by atoms with van der Waals surface area (Å²) in [7, 11) is 0. The van der Waals surface area contributed by atoms with Crippen LogP contribution in [-0.4, -0.2) is 10.8 Å². The summed E-state index contributed by atoms with van der Waals surface area (Å²) in [4.78, 5) is 13.2. The molecule has 2 aromatic carbocycles. The van der Waals surface area contributed by atoms with Gasteiger partial charge in [0.2, 0.25) is 0 Å². The van der Waals surface area contributed by atoms with Gasteiger partial charge in [-0.1, -0.05) is 28.1 Å². The first-order valence-corrected chi connectivity index (χ1v) is 6.66. The van der Waals surface area contributed by atoms with Crippen LogP contribution in [0.25, 0.3) is 0 Å². The molecular weight excluding hydrogens is 328 g/mol. The van der Waals surface area contributed by atoms with E-state index < -0.39 is 24.0 Å². The molecular formula is C15H10BrF2NO. The van der Waals surface area contributed by atoms with Crippen molar-refractivity contribution in [2.24, 2.45) is 0 Å². The maximum atomic E-state index is 13.9. The van der Waals surface area contributed by atoms with Crippen molar-refractivity contribution in [1.29, 1.82) is 0 Å². The van der Waals surface area contributed by atoms with Crippen molar-refractivity contribution < 1.29 is 16.3 Å². The van der Waals surface area contributed by atoms with Gasteiger partial charge in [-0.2, -0.15) is 0 Å². The summed E-state index contributed by atoms with van der Waals surface area (Å²) < 4.78 is 44.5. The third-order valence-electron chi connectivity index (χ3n) is 3.08. The number of nitrogens with zero attached hydrogens (tertiary/aromatic N) is 1. The first kappa shape index (κ1) is 11.0. The average molecular weight is 340 g/mol. The quantitative estimate of drug-likeness (QED) is 0.812. The molecule has 0 spiro atoms. The maximum absolute atomic E-state index is 13.9. The average Bonchev–Trinajstić information content (AvgIpc) is 2.63. The van der Waals surface area contributed by atoms with Crippen LogP contribution in [0.3, 0.4) is 0 Å². The van der Waals surface area contributed by atoms with E-state index in [0.29, 0.717) is 4.47 Å². The Bertz CT molecular complexity index is 782. The molecule has 0 fully saturated rings. The molecule has 20 heavy (non-hydrogen) atoms. The normalized spacial score (nSPS) is 17.8. The van der Waals surface area contributed by atoms with E-state index in [1.54, 1.807) is 6.07 Å². The lowest BCUT2D eigenvalue weighted by molar-refractivity contribution is 0.0765. The van der Waals surface area contributed by atoms with E-state index >= 15 is 0 Å². The van der Waals surface area contributed by atoms with Crippen LogP contribution >= 0.6 is 15.9 Å². The molecule has 3 rings (SSSR count). The van der Waals surface area contributed by atoms with Crippen molar-refractivity contribution in [2.45, 2.75) is 13.0 Å². The molecule has 5 heteroatoms. The summed E-state index contributed by atoms with van der Waals surface area (Å²) >= 11 is 3.13. The standard InChI is InChI=1S/C15H10BrF2NO/c16-10-5-4-9(14(18)6-10)7-19-8-12-11(15(19)20)2-1-3-13(12)17/h1-6H,7-8H2/i8D2. The number of halogens is 3. The van der Waals surface area contributed by atoms with Gasteiger partial charge >= 0.3 is 0 Å². The molecule has 1 aliphatic heterocycles. The van der Waals surface area contributed by atoms with Crippen LogP contribution in [-0.2, 0) is 13.0 Å². The highest BCUT2D eigenvalue weighted by molar-refractivity contribution is 9.10. The zero-order valence-electron chi connectivity index (χ0n) is 12.2. The fourth-order valence-corrected chi connectivity index (χ4v) is 2.41. The van der Waals surface area contributed by atoms with Gasteiger partial charge < -0.3 is 4.90 Å². The van der Waals surface area contributed by atoms with E-state index in [1.807, 2.05) is 0 Å². The second kappa shape index (κ2) is 4.98. The van der Waals surface area contributed by atoms with Gasteiger partial charge in [-0.25, -0.2) is 8.78 Å². The van der Waals surface area contributed by atoms with Crippen molar-refractivity contribution in [3.63, 3.8) is 0 Å². The Labute approximate surface area is 126 Å². The molecule has 0 radical (unpaired) electrons. The third kappa shape index (κ3) is 2.22. The predicted molar refractivity (Wildman–Crippen MR) is 74.1 cm³/mol. The fraction of sp³-hybridized carbons (Fsp3) is 0.133. The predicted octanol–water partition coefficient (Wildman–Crippen LogP) is 3.88. The smallest absolute Gasteiger partial charge is 0.254 e. The Hall–Kier alpha value is -1.75. The lowest BCUT2D eigenvalue weighted by Gasteiger charge is -2.16. The monoisotopic (exact) mass is 339 g/mol. The van der Waals surface area contributed by atoms with E-state index in [9.17, 15) is 13.6 Å². The van der Waals surface area contributed by atoms with Gasteiger partial charge in [-0.3, -0.25) is 4.79 Å². The van der Waals surface area contributed by atoms with Gasteiger partial charge in [0.1, 0.15) is 11.6 Å². The molecule has 0 aliphatic carbocycles. The molecule has 0 atom stereocenters. The van der Waals surface area contributed by atoms with E-state index in [4.69, 9.17) is 2.74 Å². The maximum Gasteiger partial charge on any atom is 0.254 e. The molecule has 102 valence electrons. The van der Waals surface area contributed by atoms with Crippen molar-refractivity contribution in [2.75, 3.05) is 0 Å². The summed E-state index contributed by atoms with van der Waals surface area (Å²) in [5, 5.41) is 0. The highest BCUT2D eigenvalue weighted by Crippen LogP contribution is 2.27. The molecule has 0 N–H and O–H groups in total. The zero-order valence-corrected chi connectivity index (χ0v) is 11.7. The van der Waals surface area contributed by atoms with Crippen molar-refractivity contribution >= 4 is 21.8 Å². The SMILES string of the molecule is [2H]C1([2H])c2c(F)cccc2C(=O)N1Cc1ccc(Br)cc1F. The van der Waals surface area contributed by atoms with Crippen LogP contribution in [0.2, 0.25) is 0 Å². The summed E-state index contributed by atoms with van der Waals surface area (Å²) in [6.45, 7) is -2.60. The van der Waals surface area contributed by atoms with E-state index in [2.05, 4.69) is 15.9 Å². The van der Waals surface area contributed by atoms with E-state index in [0.717, 1.165) is 11.0 Å². The van der Waals surface area contributed by atoms with Gasteiger partial charge in [-0.15, -0.1) is 0 Å². The highest BCUT2D eigenvalue weighted by Gasteiger charge is 2.29. The molecule has 2 aromatic rings. The lowest BCUT2D eigenvalue weighted by atomic mass is 10.1. The van der Waals surface area contributed by atoms with Crippen molar-refractivity contribution in [1.82, 2.24) is 4.90 Å². The topological polar surface area (TPSA) is 20.3 Å². The Morgan fingerprint density at radius 3 is 2.75 bits per heavy atom. The summed E-state index contributed by atoms with van der Waals surface area (Å²) in [6.07, 6.45) is 0. The Balaban J connectivity index is 2.03. The largest absolute Gasteiger partial charge is 0.330 e. The molecule has 1 aliphatic rings. The lowest BCUT2D eigenvalue weighted by Crippen LogP contribution is -2.23.